The number of carbonyl (C=O) groups is 1. The predicted octanol–water partition coefficient (Wildman–Crippen LogP) is 3.41. The third kappa shape index (κ3) is 3.66. The van der Waals surface area contributed by atoms with Crippen molar-refractivity contribution in [1.82, 2.24) is 9.78 Å². The van der Waals surface area contributed by atoms with Crippen LogP contribution in [0.3, 0.4) is 0 Å². The molecular weight excluding hydrogens is 295 g/mol. The van der Waals surface area contributed by atoms with Crippen molar-refractivity contribution >= 4 is 11.6 Å². The second-order valence-corrected chi connectivity index (χ2v) is 4.91. The van der Waals surface area contributed by atoms with Crippen LogP contribution in [-0.2, 0) is 23.9 Å². The van der Waals surface area contributed by atoms with Gasteiger partial charge < -0.3 is 5.32 Å². The molecule has 1 amide bonds. The molecule has 0 saturated carbocycles. The Bertz CT molecular complexity index is 677. The highest BCUT2D eigenvalue weighted by atomic mass is 19.4. The Labute approximate surface area is 125 Å². The lowest BCUT2D eigenvalue weighted by Crippen LogP contribution is -2.21. The lowest BCUT2D eigenvalue weighted by Gasteiger charge is -2.13. The van der Waals surface area contributed by atoms with Crippen LogP contribution < -0.4 is 5.32 Å². The molecule has 0 radical (unpaired) electrons. The van der Waals surface area contributed by atoms with Crippen LogP contribution in [0.5, 0.6) is 0 Å². The van der Waals surface area contributed by atoms with Crippen LogP contribution in [0.1, 0.15) is 23.7 Å². The second-order valence-electron chi connectivity index (χ2n) is 4.91. The first kappa shape index (κ1) is 16.1. The van der Waals surface area contributed by atoms with Crippen LogP contribution in [0.2, 0.25) is 0 Å². The van der Waals surface area contributed by atoms with Gasteiger partial charge in [-0.25, -0.2) is 0 Å². The number of amides is 1. The van der Waals surface area contributed by atoms with Crippen LogP contribution in [0.15, 0.2) is 30.5 Å². The molecule has 0 spiro atoms. The summed E-state index contributed by atoms with van der Waals surface area (Å²) in [5.41, 5.74) is 1.58. The summed E-state index contributed by atoms with van der Waals surface area (Å²) in [6.45, 7) is 3.56. The van der Waals surface area contributed by atoms with E-state index in [4.69, 9.17) is 0 Å². The summed E-state index contributed by atoms with van der Waals surface area (Å²) in [5, 5.41) is 6.10. The minimum Gasteiger partial charge on any atom is -0.324 e. The summed E-state index contributed by atoms with van der Waals surface area (Å²) in [6, 6.07) is 6.51. The van der Waals surface area contributed by atoms with Gasteiger partial charge in [-0.1, -0.05) is 25.1 Å². The molecule has 0 unspecified atom stereocenters. The normalized spacial score (nSPS) is 11.5. The van der Waals surface area contributed by atoms with Gasteiger partial charge in [0.2, 0.25) is 5.91 Å². The fraction of sp³-hybridized carbons (Fsp3) is 0.333. The van der Waals surface area contributed by atoms with E-state index in [1.54, 1.807) is 0 Å². The largest absolute Gasteiger partial charge is 0.435 e. The monoisotopic (exact) mass is 311 g/mol. The number of aryl methyl sites for hydroxylation is 2. The lowest BCUT2D eigenvalue weighted by atomic mass is 10.1. The van der Waals surface area contributed by atoms with E-state index in [1.165, 1.54) is 0 Å². The number of aromatic nitrogens is 2. The third-order valence-electron chi connectivity index (χ3n) is 3.24. The van der Waals surface area contributed by atoms with Gasteiger partial charge in [-0.2, -0.15) is 18.3 Å². The van der Waals surface area contributed by atoms with E-state index in [0.29, 0.717) is 5.69 Å². The van der Waals surface area contributed by atoms with E-state index in [0.717, 1.165) is 34.5 Å². The van der Waals surface area contributed by atoms with E-state index in [1.807, 2.05) is 32.0 Å². The predicted molar refractivity (Wildman–Crippen MR) is 76.4 cm³/mol. The fourth-order valence-corrected chi connectivity index (χ4v) is 2.13. The van der Waals surface area contributed by atoms with Crippen molar-refractivity contribution in [2.24, 2.45) is 0 Å². The third-order valence-corrected chi connectivity index (χ3v) is 3.24. The highest BCUT2D eigenvalue weighted by Gasteiger charge is 2.33. The fourth-order valence-electron chi connectivity index (χ4n) is 2.13. The number of halogens is 3. The number of carbonyl (C=O) groups excluding carboxylic acids is 1. The van der Waals surface area contributed by atoms with Crippen molar-refractivity contribution in [3.05, 3.63) is 47.3 Å². The number of hydrogen-bond acceptors (Lipinski definition) is 2. The second kappa shape index (κ2) is 6.21. The zero-order valence-electron chi connectivity index (χ0n) is 12.2. The molecule has 118 valence electrons. The van der Waals surface area contributed by atoms with Gasteiger partial charge in [0.25, 0.3) is 0 Å². The van der Waals surface area contributed by atoms with Crippen molar-refractivity contribution < 1.29 is 18.0 Å². The molecule has 4 nitrogen and oxygen atoms in total. The number of nitrogens with one attached hydrogen (secondary N) is 1. The van der Waals surface area contributed by atoms with Gasteiger partial charge in [0.15, 0.2) is 5.69 Å². The molecular formula is C15H16F3N3O. The van der Waals surface area contributed by atoms with Crippen molar-refractivity contribution in [2.45, 2.75) is 33.0 Å². The number of hydrogen-bond donors (Lipinski definition) is 1. The van der Waals surface area contributed by atoms with Gasteiger partial charge in [0.05, 0.1) is 0 Å². The van der Waals surface area contributed by atoms with Gasteiger partial charge in [-0.15, -0.1) is 0 Å². The number of alkyl halides is 3. The molecule has 0 saturated heterocycles. The maximum Gasteiger partial charge on any atom is 0.435 e. The van der Waals surface area contributed by atoms with Crippen LogP contribution in [-0.4, -0.2) is 15.7 Å². The average molecular weight is 311 g/mol. The first-order chi connectivity index (χ1) is 10.3. The topological polar surface area (TPSA) is 46.9 Å². The smallest absolute Gasteiger partial charge is 0.324 e. The molecule has 0 bridgehead atoms. The number of anilines is 1. The summed E-state index contributed by atoms with van der Waals surface area (Å²) >= 11 is 0. The van der Waals surface area contributed by atoms with Crippen molar-refractivity contribution in [3.63, 3.8) is 0 Å². The van der Waals surface area contributed by atoms with Gasteiger partial charge in [0.1, 0.15) is 6.54 Å². The molecule has 0 aliphatic rings. The Hall–Kier alpha value is -2.31. The Morgan fingerprint density at radius 3 is 2.64 bits per heavy atom. The van der Waals surface area contributed by atoms with E-state index in [2.05, 4.69) is 10.4 Å². The SMILES string of the molecule is CCc1cccc(C)c1NC(=O)Cn1ccc(C(F)(F)F)n1. The van der Waals surface area contributed by atoms with Crippen LogP contribution in [0.25, 0.3) is 0 Å². The maximum atomic E-state index is 12.5. The van der Waals surface area contributed by atoms with Crippen molar-refractivity contribution in [3.8, 4) is 0 Å². The number of para-hydroxylation sites is 1. The Morgan fingerprint density at radius 1 is 1.32 bits per heavy atom. The van der Waals surface area contributed by atoms with Gasteiger partial charge in [0, 0.05) is 11.9 Å². The maximum absolute atomic E-state index is 12.5. The Balaban J connectivity index is 2.09. The Kier molecular flexibility index (Phi) is 4.54. The lowest BCUT2D eigenvalue weighted by molar-refractivity contribution is -0.141. The van der Waals surface area contributed by atoms with Crippen LogP contribution in [0, 0.1) is 6.92 Å². The molecule has 7 heteroatoms. The van der Waals surface area contributed by atoms with E-state index in [-0.39, 0.29) is 6.54 Å². The summed E-state index contributed by atoms with van der Waals surface area (Å²) in [7, 11) is 0. The van der Waals surface area contributed by atoms with Crippen LogP contribution in [0.4, 0.5) is 18.9 Å². The molecule has 2 rings (SSSR count). The first-order valence-electron chi connectivity index (χ1n) is 6.80. The van der Waals surface area contributed by atoms with Gasteiger partial charge in [-0.05, 0) is 30.5 Å². The number of nitrogens with zero attached hydrogens (tertiary/aromatic N) is 2. The molecule has 2 aromatic rings. The molecule has 0 aliphatic carbocycles. The van der Waals surface area contributed by atoms with E-state index < -0.39 is 17.8 Å². The molecule has 1 aromatic heterocycles. The molecule has 1 heterocycles. The summed E-state index contributed by atoms with van der Waals surface area (Å²) in [5.74, 6) is -0.416. The standard InChI is InChI=1S/C15H16F3N3O/c1-3-11-6-4-5-10(2)14(11)19-13(22)9-21-8-7-12(20-21)15(16,17)18/h4-8H,3,9H2,1-2H3,(H,19,22). The molecule has 0 fully saturated rings. The average Bonchev–Trinajstić information content (AvgIpc) is 2.89. The van der Waals surface area contributed by atoms with Crippen LogP contribution >= 0.6 is 0 Å². The van der Waals surface area contributed by atoms with Crippen molar-refractivity contribution in [1.29, 1.82) is 0 Å². The van der Waals surface area contributed by atoms with Crippen molar-refractivity contribution in [2.75, 3.05) is 5.32 Å². The molecule has 0 atom stereocenters. The van der Waals surface area contributed by atoms with Gasteiger partial charge >= 0.3 is 6.18 Å². The zero-order valence-corrected chi connectivity index (χ0v) is 12.2. The molecule has 0 aliphatic heterocycles. The van der Waals surface area contributed by atoms with E-state index in [9.17, 15) is 18.0 Å². The number of rotatable bonds is 4. The van der Waals surface area contributed by atoms with Gasteiger partial charge in [-0.3, -0.25) is 9.48 Å². The molecule has 1 aromatic carbocycles. The summed E-state index contributed by atoms with van der Waals surface area (Å²) in [6.07, 6.45) is -2.62. The molecule has 1 N–H and O–H groups in total. The quantitative estimate of drug-likeness (QED) is 0.940. The van der Waals surface area contributed by atoms with E-state index >= 15 is 0 Å². The minimum atomic E-state index is -4.51. The minimum absolute atomic E-state index is 0.270. The number of benzene rings is 1. The highest BCUT2D eigenvalue weighted by molar-refractivity contribution is 5.92. The summed E-state index contributed by atoms with van der Waals surface area (Å²) < 4.78 is 38.4. The first-order valence-corrected chi connectivity index (χ1v) is 6.80. The zero-order chi connectivity index (χ0) is 16.3. The highest BCUT2D eigenvalue weighted by Crippen LogP contribution is 2.27. The molecule has 22 heavy (non-hydrogen) atoms. The Morgan fingerprint density at radius 2 is 2.05 bits per heavy atom. The summed E-state index contributed by atoms with van der Waals surface area (Å²) in [4.78, 5) is 12.0.